The van der Waals surface area contributed by atoms with Gasteiger partial charge in [0, 0.05) is 16.1 Å². The molecule has 0 aliphatic carbocycles. The monoisotopic (exact) mass is 257 g/mol. The van der Waals surface area contributed by atoms with Gasteiger partial charge in [-0.3, -0.25) is 0 Å². The van der Waals surface area contributed by atoms with Crippen LogP contribution in [0.15, 0.2) is 35.2 Å². The van der Waals surface area contributed by atoms with Crippen molar-refractivity contribution >= 4 is 30.6 Å². The molecule has 16 heavy (non-hydrogen) atoms. The fourth-order valence-corrected chi connectivity index (χ4v) is 2.34. The summed E-state index contributed by atoms with van der Waals surface area (Å²) < 4.78 is 27.5. The molecule has 0 fully saturated rings. The Bertz CT molecular complexity index is 640. The molecule has 0 atom stereocenters. The Hall–Kier alpha value is -1.33. The van der Waals surface area contributed by atoms with Crippen molar-refractivity contribution in [2.45, 2.75) is 4.90 Å². The Morgan fingerprint density at radius 1 is 1.31 bits per heavy atom. The van der Waals surface area contributed by atoms with Gasteiger partial charge in [-0.25, -0.2) is 13.4 Å². The third kappa shape index (κ3) is 1.96. The van der Waals surface area contributed by atoms with E-state index in [4.69, 9.17) is 15.4 Å². The van der Waals surface area contributed by atoms with E-state index in [1.54, 1.807) is 18.2 Å². The van der Waals surface area contributed by atoms with Gasteiger partial charge in [0.1, 0.15) is 4.90 Å². The van der Waals surface area contributed by atoms with Gasteiger partial charge in [0.05, 0.1) is 12.6 Å². The minimum Gasteiger partial charge on any atom is -0.480 e. The molecule has 0 unspecified atom stereocenters. The minimum absolute atomic E-state index is 0.00806. The van der Waals surface area contributed by atoms with E-state index in [-0.39, 0.29) is 10.8 Å². The van der Waals surface area contributed by atoms with Crippen LogP contribution in [-0.4, -0.2) is 20.5 Å². The van der Waals surface area contributed by atoms with Crippen LogP contribution in [-0.2, 0) is 9.05 Å². The summed E-state index contributed by atoms with van der Waals surface area (Å²) in [5.41, 5.74) is 0.656. The van der Waals surface area contributed by atoms with Gasteiger partial charge in [0.15, 0.2) is 0 Å². The van der Waals surface area contributed by atoms with Crippen LogP contribution in [0.25, 0.3) is 10.9 Å². The molecule has 0 radical (unpaired) electrons. The fraction of sp³-hybridized carbons (Fsp3) is 0.100. The van der Waals surface area contributed by atoms with Gasteiger partial charge in [-0.1, -0.05) is 18.2 Å². The van der Waals surface area contributed by atoms with E-state index in [0.717, 1.165) is 0 Å². The smallest absolute Gasteiger partial charge is 0.266 e. The Morgan fingerprint density at radius 3 is 2.62 bits per heavy atom. The van der Waals surface area contributed by atoms with E-state index in [2.05, 4.69) is 4.98 Å². The number of nitrogens with zero attached hydrogens (tertiary/aromatic N) is 1. The maximum Gasteiger partial charge on any atom is 0.266 e. The molecular formula is C10H8ClNO3S. The Kier molecular flexibility index (Phi) is 2.73. The highest BCUT2D eigenvalue weighted by Crippen LogP contribution is 2.28. The molecule has 2 aromatic rings. The molecule has 0 aliphatic rings. The number of aromatic nitrogens is 1. The van der Waals surface area contributed by atoms with Crippen LogP contribution in [0, 0.1) is 0 Å². The van der Waals surface area contributed by atoms with Crippen LogP contribution in [0.1, 0.15) is 0 Å². The lowest BCUT2D eigenvalue weighted by Gasteiger charge is -2.06. The second-order valence-corrected chi connectivity index (χ2v) is 5.66. The highest BCUT2D eigenvalue weighted by atomic mass is 35.7. The molecule has 1 aromatic carbocycles. The quantitative estimate of drug-likeness (QED) is 0.774. The number of ether oxygens (including phenoxy) is 1. The summed E-state index contributed by atoms with van der Waals surface area (Å²) in [6.07, 6.45) is 0. The number of halogens is 1. The van der Waals surface area contributed by atoms with Crippen molar-refractivity contribution in [3.63, 3.8) is 0 Å². The van der Waals surface area contributed by atoms with Gasteiger partial charge in [0.25, 0.3) is 9.05 Å². The van der Waals surface area contributed by atoms with E-state index in [1.807, 2.05) is 6.07 Å². The molecule has 1 heterocycles. The molecule has 0 saturated heterocycles. The molecule has 0 bridgehead atoms. The zero-order valence-corrected chi connectivity index (χ0v) is 9.92. The molecular weight excluding hydrogens is 250 g/mol. The highest BCUT2D eigenvalue weighted by molar-refractivity contribution is 8.13. The number of pyridine rings is 1. The van der Waals surface area contributed by atoms with Crippen molar-refractivity contribution < 1.29 is 13.2 Å². The lowest BCUT2D eigenvalue weighted by Crippen LogP contribution is -1.99. The first-order chi connectivity index (χ1) is 7.52. The van der Waals surface area contributed by atoms with Crippen molar-refractivity contribution in [3.8, 4) is 5.88 Å². The summed E-state index contributed by atoms with van der Waals surface area (Å²) in [7, 11) is 2.79. The highest BCUT2D eigenvalue weighted by Gasteiger charge is 2.18. The maximum atomic E-state index is 11.3. The van der Waals surface area contributed by atoms with Crippen LogP contribution in [0.3, 0.4) is 0 Å². The van der Waals surface area contributed by atoms with E-state index in [9.17, 15) is 8.42 Å². The van der Waals surface area contributed by atoms with Crippen molar-refractivity contribution in [3.05, 3.63) is 30.3 Å². The predicted molar refractivity (Wildman–Crippen MR) is 61.3 cm³/mol. The first-order valence-corrected chi connectivity index (χ1v) is 6.72. The summed E-state index contributed by atoms with van der Waals surface area (Å²) in [4.78, 5) is 3.96. The van der Waals surface area contributed by atoms with Crippen molar-refractivity contribution in [2.24, 2.45) is 0 Å². The number of methoxy groups -OCH3 is 1. The van der Waals surface area contributed by atoms with E-state index >= 15 is 0 Å². The predicted octanol–water partition coefficient (Wildman–Crippen LogP) is 2.17. The summed E-state index contributed by atoms with van der Waals surface area (Å²) in [5, 5.41) is 0.697. The summed E-state index contributed by atoms with van der Waals surface area (Å²) in [6.45, 7) is 0. The molecule has 2 rings (SSSR count). The average Bonchev–Trinajstić information content (AvgIpc) is 2.26. The second kappa shape index (κ2) is 3.92. The number of hydrogen-bond acceptors (Lipinski definition) is 4. The van der Waals surface area contributed by atoms with Gasteiger partial charge in [-0.05, 0) is 12.1 Å². The number of benzene rings is 1. The summed E-state index contributed by atoms with van der Waals surface area (Å²) >= 11 is 0. The number of fused-ring (bicyclic) bond motifs is 1. The first kappa shape index (κ1) is 11.2. The molecule has 0 N–H and O–H groups in total. The summed E-state index contributed by atoms with van der Waals surface area (Å²) in [5.74, 6) is 0.00806. The average molecular weight is 258 g/mol. The van der Waals surface area contributed by atoms with Crippen molar-refractivity contribution in [2.75, 3.05) is 7.11 Å². The van der Waals surface area contributed by atoms with Crippen LogP contribution in [0.5, 0.6) is 5.88 Å². The molecule has 0 amide bonds. The largest absolute Gasteiger partial charge is 0.480 e. The van der Waals surface area contributed by atoms with Crippen LogP contribution in [0.2, 0.25) is 0 Å². The Balaban J connectivity index is 2.83. The van der Waals surface area contributed by atoms with E-state index < -0.39 is 9.05 Å². The Morgan fingerprint density at radius 2 is 2.00 bits per heavy atom. The van der Waals surface area contributed by atoms with Crippen molar-refractivity contribution in [1.29, 1.82) is 0 Å². The number of hydrogen-bond donors (Lipinski definition) is 0. The fourth-order valence-electron chi connectivity index (χ4n) is 1.40. The lowest BCUT2D eigenvalue weighted by atomic mass is 10.2. The zero-order chi connectivity index (χ0) is 11.8. The van der Waals surface area contributed by atoms with E-state index in [0.29, 0.717) is 10.9 Å². The topological polar surface area (TPSA) is 56.3 Å². The van der Waals surface area contributed by atoms with Crippen LogP contribution >= 0.6 is 10.7 Å². The van der Waals surface area contributed by atoms with Gasteiger partial charge >= 0.3 is 0 Å². The maximum absolute atomic E-state index is 11.3. The molecule has 1 aromatic heterocycles. The van der Waals surface area contributed by atoms with Gasteiger partial charge in [-0.2, -0.15) is 0 Å². The van der Waals surface area contributed by atoms with Gasteiger partial charge in [0.2, 0.25) is 5.88 Å². The molecule has 0 saturated carbocycles. The standard InChI is InChI=1S/C10H8ClNO3S/c1-15-10-9(16(11,13)14)6-7-4-2-3-5-8(7)12-10/h2-6H,1H3. The zero-order valence-electron chi connectivity index (χ0n) is 8.34. The third-order valence-corrected chi connectivity index (χ3v) is 3.43. The molecule has 0 spiro atoms. The minimum atomic E-state index is -3.85. The molecule has 6 heteroatoms. The summed E-state index contributed by atoms with van der Waals surface area (Å²) in [6, 6.07) is 8.57. The molecule has 4 nitrogen and oxygen atoms in total. The second-order valence-electron chi connectivity index (χ2n) is 3.13. The SMILES string of the molecule is COc1nc2ccccc2cc1S(=O)(=O)Cl. The molecule has 84 valence electrons. The number of para-hydroxylation sites is 1. The Labute approximate surface area is 97.2 Å². The lowest BCUT2D eigenvalue weighted by molar-refractivity contribution is 0.387. The van der Waals surface area contributed by atoms with Crippen molar-refractivity contribution in [1.82, 2.24) is 4.98 Å². The molecule has 0 aliphatic heterocycles. The van der Waals surface area contributed by atoms with Gasteiger partial charge < -0.3 is 4.74 Å². The van der Waals surface area contributed by atoms with E-state index in [1.165, 1.54) is 13.2 Å². The normalized spacial score (nSPS) is 11.6. The van der Waals surface area contributed by atoms with Crippen LogP contribution < -0.4 is 4.74 Å². The van der Waals surface area contributed by atoms with Gasteiger partial charge in [-0.15, -0.1) is 0 Å². The first-order valence-electron chi connectivity index (χ1n) is 4.41. The third-order valence-electron chi connectivity index (χ3n) is 2.11. The van der Waals surface area contributed by atoms with Crippen LogP contribution in [0.4, 0.5) is 0 Å². The number of rotatable bonds is 2.